The first kappa shape index (κ1) is 13.8. The minimum Gasteiger partial charge on any atom is -0.258 e. The highest BCUT2D eigenvalue weighted by Gasteiger charge is 2.27. The molecule has 100 valence electrons. The molecule has 0 bridgehead atoms. The highest BCUT2D eigenvalue weighted by molar-refractivity contribution is 6.34. The van der Waals surface area contributed by atoms with Crippen molar-refractivity contribution in [2.75, 3.05) is 0 Å². The van der Waals surface area contributed by atoms with Crippen LogP contribution in [-0.2, 0) is 6.42 Å². The monoisotopic (exact) mass is 299 g/mol. The molecule has 1 aromatic heterocycles. The summed E-state index contributed by atoms with van der Waals surface area (Å²) < 4.78 is 1.31. The van der Waals surface area contributed by atoms with Crippen molar-refractivity contribution in [3.05, 3.63) is 50.2 Å². The third-order valence-electron chi connectivity index (χ3n) is 2.63. The Morgan fingerprint density at radius 2 is 2.05 bits per heavy atom. The molecule has 0 fully saturated rings. The summed E-state index contributed by atoms with van der Waals surface area (Å²) in [7, 11) is 0. The van der Waals surface area contributed by atoms with Gasteiger partial charge in [-0.1, -0.05) is 48.7 Å². The number of para-hydroxylation sites is 1. The maximum absolute atomic E-state index is 11.1. The number of nitro groups is 1. The number of benzene rings is 1. The zero-order valence-corrected chi connectivity index (χ0v) is 11.6. The highest BCUT2D eigenvalue weighted by atomic mass is 35.5. The molecule has 0 N–H and O–H groups in total. The number of nitrogens with zero attached hydrogens (tertiary/aromatic N) is 3. The maximum atomic E-state index is 11.1. The van der Waals surface area contributed by atoms with Gasteiger partial charge in [0.05, 0.1) is 15.6 Å². The van der Waals surface area contributed by atoms with Crippen molar-refractivity contribution in [1.82, 2.24) is 9.78 Å². The highest BCUT2D eigenvalue weighted by Crippen LogP contribution is 2.33. The van der Waals surface area contributed by atoms with Crippen LogP contribution in [0.1, 0.15) is 19.0 Å². The number of hydrogen-bond donors (Lipinski definition) is 0. The molecule has 0 aliphatic heterocycles. The lowest BCUT2D eigenvalue weighted by Crippen LogP contribution is -1.98. The van der Waals surface area contributed by atoms with Crippen LogP contribution in [-0.4, -0.2) is 14.7 Å². The summed E-state index contributed by atoms with van der Waals surface area (Å²) in [5.41, 5.74) is 0.750. The lowest BCUT2D eigenvalue weighted by Gasteiger charge is -2.03. The Morgan fingerprint density at radius 1 is 1.37 bits per heavy atom. The summed E-state index contributed by atoms with van der Waals surface area (Å²) in [6.07, 6.45) is 1.24. The van der Waals surface area contributed by atoms with Crippen LogP contribution in [0, 0.1) is 10.1 Å². The molecule has 1 heterocycles. The predicted molar refractivity (Wildman–Crippen MR) is 74.2 cm³/mol. The average molecular weight is 300 g/mol. The molecule has 2 rings (SSSR count). The van der Waals surface area contributed by atoms with E-state index in [1.165, 1.54) is 4.68 Å². The third-order valence-corrected chi connectivity index (χ3v) is 3.28. The fourth-order valence-electron chi connectivity index (χ4n) is 1.80. The quantitative estimate of drug-likeness (QED) is 0.632. The van der Waals surface area contributed by atoms with Gasteiger partial charge in [0.25, 0.3) is 0 Å². The Kier molecular flexibility index (Phi) is 4.07. The first-order valence-corrected chi connectivity index (χ1v) is 6.48. The lowest BCUT2D eigenvalue weighted by molar-refractivity contribution is -0.385. The molecule has 0 saturated heterocycles. The van der Waals surface area contributed by atoms with E-state index in [-0.39, 0.29) is 10.8 Å². The molecule has 0 saturated carbocycles. The molecular formula is C12H11Cl2N3O2. The number of halogens is 2. The molecule has 0 atom stereocenters. The van der Waals surface area contributed by atoms with E-state index in [0.717, 1.165) is 6.42 Å². The molecule has 1 aromatic carbocycles. The van der Waals surface area contributed by atoms with E-state index in [4.69, 9.17) is 23.2 Å². The second-order valence-corrected chi connectivity index (χ2v) is 4.72. The second kappa shape index (κ2) is 5.59. The molecule has 2 aromatic rings. The van der Waals surface area contributed by atoms with Crippen molar-refractivity contribution in [2.24, 2.45) is 0 Å². The second-order valence-electron chi connectivity index (χ2n) is 3.96. The fraction of sp³-hybridized carbons (Fsp3) is 0.250. The van der Waals surface area contributed by atoms with Gasteiger partial charge in [0, 0.05) is 0 Å². The van der Waals surface area contributed by atoms with Crippen molar-refractivity contribution in [3.63, 3.8) is 0 Å². The number of hydrogen-bond acceptors (Lipinski definition) is 3. The van der Waals surface area contributed by atoms with E-state index < -0.39 is 4.92 Å². The van der Waals surface area contributed by atoms with Gasteiger partial charge in [-0.15, -0.1) is 0 Å². The van der Waals surface area contributed by atoms with Gasteiger partial charge in [0.2, 0.25) is 5.15 Å². The van der Waals surface area contributed by atoms with Crippen molar-refractivity contribution >= 4 is 28.9 Å². The van der Waals surface area contributed by atoms with Crippen LogP contribution < -0.4 is 0 Å². The minimum absolute atomic E-state index is 0.0263. The SMILES string of the molecule is CCCc1nn(-c2ccccc2Cl)c(Cl)c1[N+](=O)[O-]. The summed E-state index contributed by atoms with van der Waals surface area (Å²) >= 11 is 12.1. The topological polar surface area (TPSA) is 61.0 Å². The van der Waals surface area contributed by atoms with Crippen molar-refractivity contribution < 1.29 is 4.92 Å². The summed E-state index contributed by atoms with van der Waals surface area (Å²) in [6, 6.07) is 6.93. The molecule has 7 heteroatoms. The number of aryl methyl sites for hydroxylation is 1. The largest absolute Gasteiger partial charge is 0.329 e. The normalized spacial score (nSPS) is 10.7. The van der Waals surface area contributed by atoms with Crippen LogP contribution in [0.3, 0.4) is 0 Å². The van der Waals surface area contributed by atoms with E-state index in [0.29, 0.717) is 22.8 Å². The molecule has 0 amide bonds. The Hall–Kier alpha value is -1.59. The number of aromatic nitrogens is 2. The average Bonchev–Trinajstić information content (AvgIpc) is 2.67. The lowest BCUT2D eigenvalue weighted by atomic mass is 10.2. The van der Waals surface area contributed by atoms with Crippen molar-refractivity contribution in [1.29, 1.82) is 0 Å². The van der Waals surface area contributed by atoms with Crippen LogP contribution in [0.15, 0.2) is 24.3 Å². The third kappa shape index (κ3) is 2.57. The van der Waals surface area contributed by atoms with Gasteiger partial charge in [-0.2, -0.15) is 5.10 Å². The molecule has 19 heavy (non-hydrogen) atoms. The van der Waals surface area contributed by atoms with E-state index in [1.807, 2.05) is 6.92 Å². The molecule has 0 spiro atoms. The van der Waals surface area contributed by atoms with E-state index in [1.54, 1.807) is 24.3 Å². The van der Waals surface area contributed by atoms with Gasteiger partial charge in [-0.05, 0) is 18.6 Å². The summed E-state index contributed by atoms with van der Waals surface area (Å²) in [5.74, 6) is 0. The zero-order chi connectivity index (χ0) is 14.0. The first-order valence-electron chi connectivity index (χ1n) is 5.73. The van der Waals surface area contributed by atoms with Gasteiger partial charge in [-0.3, -0.25) is 10.1 Å². The molecular weight excluding hydrogens is 289 g/mol. The van der Waals surface area contributed by atoms with Crippen molar-refractivity contribution in [2.45, 2.75) is 19.8 Å². The Bertz CT molecular complexity index is 625. The van der Waals surface area contributed by atoms with E-state index in [9.17, 15) is 10.1 Å². The van der Waals surface area contributed by atoms with Crippen LogP contribution in [0.5, 0.6) is 0 Å². The summed E-state index contributed by atoms with van der Waals surface area (Å²) in [4.78, 5) is 10.6. The molecule has 0 aliphatic rings. The Morgan fingerprint density at radius 3 is 2.63 bits per heavy atom. The molecule has 0 radical (unpaired) electrons. The van der Waals surface area contributed by atoms with Gasteiger partial charge < -0.3 is 0 Å². The van der Waals surface area contributed by atoms with Crippen LogP contribution in [0.25, 0.3) is 5.69 Å². The van der Waals surface area contributed by atoms with Gasteiger partial charge in [0.15, 0.2) is 0 Å². The Labute approximate surface area is 119 Å². The summed E-state index contributed by atoms with van der Waals surface area (Å²) in [5, 5.41) is 15.7. The fourth-order valence-corrected chi connectivity index (χ4v) is 2.32. The number of rotatable bonds is 4. The summed E-state index contributed by atoms with van der Waals surface area (Å²) in [6.45, 7) is 1.92. The van der Waals surface area contributed by atoms with Crippen LogP contribution >= 0.6 is 23.2 Å². The van der Waals surface area contributed by atoms with E-state index >= 15 is 0 Å². The van der Waals surface area contributed by atoms with Crippen molar-refractivity contribution in [3.8, 4) is 5.69 Å². The van der Waals surface area contributed by atoms with E-state index in [2.05, 4.69) is 5.10 Å². The molecule has 0 unspecified atom stereocenters. The molecule has 5 nitrogen and oxygen atoms in total. The van der Waals surface area contributed by atoms with Crippen LogP contribution in [0.2, 0.25) is 10.2 Å². The minimum atomic E-state index is -0.506. The standard InChI is InChI=1S/C12H11Cl2N3O2/c1-2-5-9-11(17(18)19)12(14)16(15-9)10-7-4-3-6-8(10)13/h3-4,6-7H,2,5H2,1H3. The Balaban J connectivity index is 2.63. The predicted octanol–water partition coefficient (Wildman–Crippen LogP) is 4.04. The first-order chi connectivity index (χ1) is 9.06. The van der Waals surface area contributed by atoms with Gasteiger partial charge >= 0.3 is 5.69 Å². The van der Waals surface area contributed by atoms with Crippen LogP contribution in [0.4, 0.5) is 5.69 Å². The van der Waals surface area contributed by atoms with Gasteiger partial charge in [-0.25, -0.2) is 4.68 Å². The smallest absolute Gasteiger partial charge is 0.258 e. The van der Waals surface area contributed by atoms with Gasteiger partial charge in [0.1, 0.15) is 5.69 Å². The molecule has 0 aliphatic carbocycles. The maximum Gasteiger partial charge on any atom is 0.329 e. The zero-order valence-electron chi connectivity index (χ0n) is 10.1.